The number of rotatable bonds is 11. The second-order valence-corrected chi connectivity index (χ2v) is 10.5. The molecule has 3 aromatic rings. The molecular weight excluding hydrogens is 486 g/mol. The highest BCUT2D eigenvalue weighted by Gasteiger charge is 2.45. The lowest BCUT2D eigenvalue weighted by Crippen LogP contribution is -2.67. The first-order chi connectivity index (χ1) is 18.9. The molecule has 0 N–H and O–H groups in total. The molecule has 0 spiro atoms. The Balaban J connectivity index is 1.78. The Morgan fingerprint density at radius 3 is 1.69 bits per heavy atom. The summed E-state index contributed by atoms with van der Waals surface area (Å²) < 4.78 is 6.09. The smallest absolute Gasteiger partial charge is 0.303 e. The van der Waals surface area contributed by atoms with E-state index >= 15 is 0 Å². The monoisotopic (exact) mass is 527 g/mol. The van der Waals surface area contributed by atoms with Crippen molar-refractivity contribution in [3.05, 3.63) is 108 Å². The molecule has 39 heavy (non-hydrogen) atoms. The van der Waals surface area contributed by atoms with Gasteiger partial charge in [0.25, 0.3) is 0 Å². The van der Waals surface area contributed by atoms with E-state index in [0.29, 0.717) is 26.2 Å². The average molecular weight is 528 g/mol. The molecule has 1 amide bonds. The molecule has 1 fully saturated rings. The molecule has 0 radical (unpaired) electrons. The molecule has 0 aliphatic carbocycles. The first kappa shape index (κ1) is 28.5. The van der Waals surface area contributed by atoms with Gasteiger partial charge in [-0.3, -0.25) is 19.4 Å². The van der Waals surface area contributed by atoms with E-state index in [4.69, 9.17) is 4.74 Å². The van der Waals surface area contributed by atoms with E-state index in [0.717, 1.165) is 25.1 Å². The maximum Gasteiger partial charge on any atom is 0.303 e. The number of ether oxygens (including phenoxy) is 1. The van der Waals surface area contributed by atoms with Crippen molar-refractivity contribution in [3.63, 3.8) is 0 Å². The number of amides is 1. The minimum Gasteiger partial charge on any atom is -0.459 e. The number of hydrogen-bond acceptors (Lipinski definition) is 5. The Morgan fingerprint density at radius 2 is 1.26 bits per heavy atom. The zero-order chi connectivity index (χ0) is 27.6. The van der Waals surface area contributed by atoms with Crippen LogP contribution >= 0.6 is 0 Å². The topological polar surface area (TPSA) is 53.1 Å². The van der Waals surface area contributed by atoms with E-state index in [-0.39, 0.29) is 30.1 Å². The van der Waals surface area contributed by atoms with Crippen molar-refractivity contribution in [2.24, 2.45) is 0 Å². The van der Waals surface area contributed by atoms with Crippen molar-refractivity contribution < 1.29 is 14.3 Å². The van der Waals surface area contributed by atoms with Gasteiger partial charge in [0.1, 0.15) is 6.10 Å². The number of esters is 1. The van der Waals surface area contributed by atoms with Gasteiger partial charge in [-0.15, -0.1) is 0 Å². The molecule has 0 aromatic heterocycles. The molecule has 6 nitrogen and oxygen atoms in total. The van der Waals surface area contributed by atoms with Crippen molar-refractivity contribution >= 4 is 11.9 Å². The molecule has 0 saturated carbocycles. The van der Waals surface area contributed by atoms with Crippen LogP contribution in [0.2, 0.25) is 0 Å². The third kappa shape index (κ3) is 8.01. The summed E-state index contributed by atoms with van der Waals surface area (Å²) in [6.45, 7) is 9.41. The van der Waals surface area contributed by atoms with Crippen LogP contribution in [0.25, 0.3) is 0 Å². The second kappa shape index (κ2) is 14.1. The van der Waals surface area contributed by atoms with Gasteiger partial charge in [-0.2, -0.15) is 0 Å². The van der Waals surface area contributed by atoms with Crippen LogP contribution in [0, 0.1) is 0 Å². The lowest BCUT2D eigenvalue weighted by atomic mass is 9.91. The van der Waals surface area contributed by atoms with Crippen molar-refractivity contribution in [3.8, 4) is 0 Å². The van der Waals surface area contributed by atoms with E-state index in [1.165, 1.54) is 18.1 Å². The van der Waals surface area contributed by atoms with E-state index in [9.17, 15) is 9.59 Å². The molecule has 3 aromatic carbocycles. The molecule has 1 aliphatic rings. The quantitative estimate of drug-likeness (QED) is 0.324. The van der Waals surface area contributed by atoms with E-state index < -0.39 is 0 Å². The number of carbonyl (C=O) groups excluding carboxylic acids is 2. The summed E-state index contributed by atoms with van der Waals surface area (Å²) in [6.07, 6.45) is 0.610. The summed E-state index contributed by atoms with van der Waals surface area (Å²) >= 11 is 0. The summed E-state index contributed by atoms with van der Waals surface area (Å²) in [6, 6.07) is 30.6. The summed E-state index contributed by atoms with van der Waals surface area (Å²) in [7, 11) is 0. The first-order valence-electron chi connectivity index (χ1n) is 14.0. The molecule has 1 aliphatic heterocycles. The molecule has 0 bridgehead atoms. The predicted octanol–water partition coefficient (Wildman–Crippen LogP) is 5.13. The molecule has 3 atom stereocenters. The van der Waals surface area contributed by atoms with Gasteiger partial charge in [0, 0.05) is 46.6 Å². The Kier molecular flexibility index (Phi) is 10.3. The van der Waals surface area contributed by atoms with Gasteiger partial charge in [-0.25, -0.2) is 0 Å². The maximum atomic E-state index is 13.3. The van der Waals surface area contributed by atoms with Gasteiger partial charge in [0.15, 0.2) is 0 Å². The minimum absolute atomic E-state index is 0.0214. The van der Waals surface area contributed by atoms with Crippen molar-refractivity contribution in [1.82, 2.24) is 14.7 Å². The Hall–Kier alpha value is -3.48. The third-order valence-corrected chi connectivity index (χ3v) is 7.39. The predicted molar refractivity (Wildman–Crippen MR) is 155 cm³/mol. The Morgan fingerprint density at radius 1 is 0.769 bits per heavy atom. The van der Waals surface area contributed by atoms with Crippen LogP contribution in [-0.2, 0) is 34.0 Å². The van der Waals surface area contributed by atoms with Gasteiger partial charge < -0.3 is 9.64 Å². The zero-order valence-corrected chi connectivity index (χ0v) is 23.4. The average Bonchev–Trinajstić information content (AvgIpc) is 2.93. The molecule has 6 heteroatoms. The summed E-state index contributed by atoms with van der Waals surface area (Å²) in [5, 5.41) is 0. The highest BCUT2D eigenvalue weighted by atomic mass is 16.5. The fourth-order valence-electron chi connectivity index (χ4n) is 5.78. The van der Waals surface area contributed by atoms with Crippen molar-refractivity contribution in [1.29, 1.82) is 0 Å². The first-order valence-corrected chi connectivity index (χ1v) is 14.0. The molecule has 0 unspecified atom stereocenters. The number of likely N-dealkylation sites (tertiary alicyclic amines) is 1. The highest BCUT2D eigenvalue weighted by Crippen LogP contribution is 2.29. The largest absolute Gasteiger partial charge is 0.459 e. The number of hydrogen-bond donors (Lipinski definition) is 0. The lowest BCUT2D eigenvalue weighted by molar-refractivity contribution is -0.161. The molecule has 1 heterocycles. The standard InChI is InChI=1S/C33H41N3O3/c1-4-20-34-24-31(36(26(2)37)23-30-18-12-7-13-19-30)33(32(25-34)39-27(3)38)35(21-28-14-8-5-9-15-28)22-29-16-10-6-11-17-29/h5-19,31-33H,4,20-25H2,1-3H3/t31-,32-,33+/m0/s1. The summed E-state index contributed by atoms with van der Waals surface area (Å²) in [4.78, 5) is 32.5. The van der Waals surface area contributed by atoms with Gasteiger partial charge in [0.05, 0.1) is 12.1 Å². The Bertz CT molecular complexity index is 1130. The second-order valence-electron chi connectivity index (χ2n) is 10.5. The SMILES string of the molecule is CCCN1C[C@H](OC(C)=O)[C@H](N(Cc2ccccc2)Cc2ccccc2)[C@@H](N(Cc2ccccc2)C(C)=O)C1. The fourth-order valence-corrected chi connectivity index (χ4v) is 5.78. The molecular formula is C33H41N3O3. The summed E-state index contributed by atoms with van der Waals surface area (Å²) in [5.41, 5.74) is 3.45. The summed E-state index contributed by atoms with van der Waals surface area (Å²) in [5.74, 6) is -0.271. The number of nitrogens with zero attached hydrogens (tertiary/aromatic N) is 3. The van der Waals surface area contributed by atoms with Crippen LogP contribution in [-0.4, -0.2) is 64.4 Å². The van der Waals surface area contributed by atoms with E-state index in [2.05, 4.69) is 77.4 Å². The lowest BCUT2D eigenvalue weighted by Gasteiger charge is -2.51. The van der Waals surface area contributed by atoms with E-state index in [1.54, 1.807) is 6.92 Å². The Labute approximate surface area is 233 Å². The van der Waals surface area contributed by atoms with Crippen LogP contribution in [0.4, 0.5) is 0 Å². The molecule has 206 valence electrons. The fraction of sp³-hybridized carbons (Fsp3) is 0.394. The number of benzene rings is 3. The number of piperidine rings is 1. The van der Waals surface area contributed by atoms with Gasteiger partial charge >= 0.3 is 5.97 Å². The van der Waals surface area contributed by atoms with Crippen LogP contribution in [0.15, 0.2) is 91.0 Å². The van der Waals surface area contributed by atoms with Crippen LogP contribution in [0.5, 0.6) is 0 Å². The maximum absolute atomic E-state index is 13.3. The third-order valence-electron chi connectivity index (χ3n) is 7.39. The van der Waals surface area contributed by atoms with Gasteiger partial charge in [0.2, 0.25) is 5.91 Å². The van der Waals surface area contributed by atoms with Crippen LogP contribution in [0.1, 0.15) is 43.9 Å². The molecule has 1 saturated heterocycles. The van der Waals surface area contributed by atoms with Gasteiger partial charge in [-0.1, -0.05) is 97.9 Å². The van der Waals surface area contributed by atoms with Crippen molar-refractivity contribution in [2.75, 3.05) is 19.6 Å². The molecule has 4 rings (SSSR count). The minimum atomic E-state index is -0.377. The normalized spacial score (nSPS) is 19.5. The van der Waals surface area contributed by atoms with E-state index in [1.807, 2.05) is 35.2 Å². The van der Waals surface area contributed by atoms with Crippen LogP contribution in [0.3, 0.4) is 0 Å². The van der Waals surface area contributed by atoms with Crippen molar-refractivity contribution in [2.45, 2.75) is 65.0 Å². The number of carbonyl (C=O) groups is 2. The highest BCUT2D eigenvalue weighted by molar-refractivity contribution is 5.74. The van der Waals surface area contributed by atoms with Crippen LogP contribution < -0.4 is 0 Å². The zero-order valence-electron chi connectivity index (χ0n) is 23.4. The van der Waals surface area contributed by atoms with Gasteiger partial charge in [-0.05, 0) is 29.7 Å².